The minimum absolute atomic E-state index is 0.187. The summed E-state index contributed by atoms with van der Waals surface area (Å²) in [5, 5.41) is 3.65. The summed E-state index contributed by atoms with van der Waals surface area (Å²) < 4.78 is 10.4. The molecule has 1 saturated carbocycles. The van der Waals surface area contributed by atoms with E-state index in [1.165, 1.54) is 12.8 Å². The van der Waals surface area contributed by atoms with Crippen LogP contribution in [0.2, 0.25) is 0 Å². The fourth-order valence-corrected chi connectivity index (χ4v) is 2.85. The summed E-state index contributed by atoms with van der Waals surface area (Å²) in [4.78, 5) is 12.0. The molecule has 1 aromatic rings. The van der Waals surface area contributed by atoms with Crippen LogP contribution >= 0.6 is 12.2 Å². The Balaban J connectivity index is 1.81. The van der Waals surface area contributed by atoms with E-state index in [9.17, 15) is 4.79 Å². The van der Waals surface area contributed by atoms with Gasteiger partial charge >= 0.3 is 0 Å². The summed E-state index contributed by atoms with van der Waals surface area (Å²) >= 11 is 5.18. The Kier molecular flexibility index (Phi) is 6.46. The number of hydrazine groups is 1. The molecule has 0 aromatic heterocycles. The summed E-state index contributed by atoms with van der Waals surface area (Å²) in [6.07, 6.45) is 4.89. The zero-order valence-corrected chi connectivity index (χ0v) is 14.3. The molecule has 2 rings (SSSR count). The third-order valence-corrected chi connectivity index (χ3v) is 4.07. The van der Waals surface area contributed by atoms with E-state index in [4.69, 9.17) is 21.7 Å². The van der Waals surface area contributed by atoms with Gasteiger partial charge in [0, 0.05) is 17.7 Å². The fourth-order valence-electron chi connectivity index (χ4n) is 2.63. The second-order valence-corrected chi connectivity index (χ2v) is 5.89. The smallest absolute Gasteiger partial charge is 0.242 e. The first-order valence-corrected chi connectivity index (χ1v) is 8.09. The Hall–Kier alpha value is -2.02. The van der Waals surface area contributed by atoms with Crippen molar-refractivity contribution in [3.63, 3.8) is 0 Å². The van der Waals surface area contributed by atoms with Crippen LogP contribution in [0.1, 0.15) is 31.2 Å². The van der Waals surface area contributed by atoms with Gasteiger partial charge in [-0.1, -0.05) is 18.9 Å². The van der Waals surface area contributed by atoms with Crippen molar-refractivity contribution in [2.75, 3.05) is 14.2 Å². The highest BCUT2D eigenvalue weighted by molar-refractivity contribution is 7.80. The molecule has 0 spiro atoms. The molecule has 126 valence electrons. The molecule has 0 saturated heterocycles. The normalized spacial score (nSPS) is 14.2. The van der Waals surface area contributed by atoms with Crippen LogP contribution in [0.3, 0.4) is 0 Å². The molecule has 1 fully saturated rings. The number of nitrogens with one attached hydrogen (secondary N) is 3. The van der Waals surface area contributed by atoms with E-state index in [-0.39, 0.29) is 12.3 Å². The maximum Gasteiger partial charge on any atom is 0.242 e. The van der Waals surface area contributed by atoms with E-state index >= 15 is 0 Å². The van der Waals surface area contributed by atoms with Gasteiger partial charge < -0.3 is 14.8 Å². The standard InChI is InChI=1S/C16H23N3O3S/c1-21-13-8-7-11(14(10-13)22-2)9-15(20)18-19-16(23)17-12-5-3-4-6-12/h7-8,10,12H,3-6,9H2,1-2H3,(H,18,20)(H2,17,19,23). The van der Waals surface area contributed by atoms with Gasteiger partial charge in [0.2, 0.25) is 5.91 Å². The van der Waals surface area contributed by atoms with Gasteiger partial charge in [-0.2, -0.15) is 0 Å². The molecular formula is C16H23N3O3S. The van der Waals surface area contributed by atoms with Crippen molar-refractivity contribution in [2.45, 2.75) is 38.1 Å². The molecular weight excluding hydrogens is 314 g/mol. The van der Waals surface area contributed by atoms with Crippen molar-refractivity contribution < 1.29 is 14.3 Å². The Morgan fingerprint density at radius 2 is 1.96 bits per heavy atom. The fraction of sp³-hybridized carbons (Fsp3) is 0.500. The number of carbonyl (C=O) groups excluding carboxylic acids is 1. The second-order valence-electron chi connectivity index (χ2n) is 5.48. The molecule has 1 amide bonds. The third-order valence-electron chi connectivity index (χ3n) is 3.85. The molecule has 23 heavy (non-hydrogen) atoms. The first-order chi connectivity index (χ1) is 11.1. The summed E-state index contributed by atoms with van der Waals surface area (Å²) in [5.41, 5.74) is 6.13. The minimum atomic E-state index is -0.191. The van der Waals surface area contributed by atoms with Crippen LogP contribution in [0, 0.1) is 0 Å². The molecule has 0 heterocycles. The van der Waals surface area contributed by atoms with Gasteiger partial charge in [0.15, 0.2) is 5.11 Å². The molecule has 7 heteroatoms. The van der Waals surface area contributed by atoms with Gasteiger partial charge in [0.1, 0.15) is 11.5 Å². The van der Waals surface area contributed by atoms with Crippen LogP contribution in [0.5, 0.6) is 11.5 Å². The number of carbonyl (C=O) groups is 1. The van der Waals surface area contributed by atoms with Crippen molar-refractivity contribution in [1.82, 2.24) is 16.2 Å². The molecule has 0 atom stereocenters. The Morgan fingerprint density at radius 3 is 2.61 bits per heavy atom. The van der Waals surface area contributed by atoms with E-state index in [0.29, 0.717) is 22.7 Å². The molecule has 0 bridgehead atoms. The van der Waals surface area contributed by atoms with E-state index in [2.05, 4.69) is 16.2 Å². The zero-order valence-electron chi connectivity index (χ0n) is 13.5. The largest absolute Gasteiger partial charge is 0.497 e. The quantitative estimate of drug-likeness (QED) is 0.561. The van der Waals surface area contributed by atoms with Crippen LogP contribution in [0.15, 0.2) is 18.2 Å². The first kappa shape index (κ1) is 17.3. The number of methoxy groups -OCH3 is 2. The molecule has 1 aromatic carbocycles. The van der Waals surface area contributed by atoms with E-state index in [0.717, 1.165) is 18.4 Å². The first-order valence-electron chi connectivity index (χ1n) is 7.68. The lowest BCUT2D eigenvalue weighted by Gasteiger charge is -2.16. The van der Waals surface area contributed by atoms with Crippen LogP contribution in [0.25, 0.3) is 0 Å². The highest BCUT2D eigenvalue weighted by Crippen LogP contribution is 2.24. The average Bonchev–Trinajstić information content (AvgIpc) is 3.06. The number of hydrogen-bond acceptors (Lipinski definition) is 4. The lowest BCUT2D eigenvalue weighted by molar-refractivity contribution is -0.121. The molecule has 1 aliphatic carbocycles. The van der Waals surface area contributed by atoms with Crippen molar-refractivity contribution in [2.24, 2.45) is 0 Å². The lowest BCUT2D eigenvalue weighted by Crippen LogP contribution is -2.49. The molecule has 0 radical (unpaired) electrons. The summed E-state index contributed by atoms with van der Waals surface area (Å²) in [5.74, 6) is 1.11. The third kappa shape index (κ3) is 5.28. The number of amides is 1. The number of thiocarbonyl (C=S) groups is 1. The topological polar surface area (TPSA) is 71.6 Å². The second kappa shape index (κ2) is 8.57. The van der Waals surface area contributed by atoms with Crippen LogP contribution < -0.4 is 25.6 Å². The Bertz CT molecular complexity index is 560. The Labute approximate surface area is 141 Å². The predicted molar refractivity (Wildman–Crippen MR) is 92.5 cm³/mol. The summed E-state index contributed by atoms with van der Waals surface area (Å²) in [7, 11) is 3.15. The lowest BCUT2D eigenvalue weighted by atomic mass is 10.1. The van der Waals surface area contributed by atoms with Crippen molar-refractivity contribution in [1.29, 1.82) is 0 Å². The highest BCUT2D eigenvalue weighted by atomic mass is 32.1. The van der Waals surface area contributed by atoms with Crippen molar-refractivity contribution in [3.05, 3.63) is 23.8 Å². The number of ether oxygens (including phenoxy) is 2. The van der Waals surface area contributed by atoms with Crippen molar-refractivity contribution >= 4 is 23.2 Å². The summed E-state index contributed by atoms with van der Waals surface area (Å²) in [6, 6.07) is 5.77. The van der Waals surface area contributed by atoms with Gasteiger partial charge in [-0.3, -0.25) is 15.6 Å². The average molecular weight is 337 g/mol. The van der Waals surface area contributed by atoms with Crippen LogP contribution in [-0.2, 0) is 11.2 Å². The summed E-state index contributed by atoms with van der Waals surface area (Å²) in [6.45, 7) is 0. The Morgan fingerprint density at radius 1 is 1.22 bits per heavy atom. The van der Waals surface area contributed by atoms with Gasteiger partial charge in [-0.05, 0) is 31.1 Å². The number of benzene rings is 1. The maximum absolute atomic E-state index is 12.0. The zero-order chi connectivity index (χ0) is 16.7. The number of hydrogen-bond donors (Lipinski definition) is 3. The highest BCUT2D eigenvalue weighted by Gasteiger charge is 2.16. The van der Waals surface area contributed by atoms with Gasteiger partial charge in [0.25, 0.3) is 0 Å². The van der Waals surface area contributed by atoms with Gasteiger partial charge in [-0.25, -0.2) is 0 Å². The molecule has 0 unspecified atom stereocenters. The molecule has 0 aliphatic heterocycles. The van der Waals surface area contributed by atoms with Crippen LogP contribution in [-0.4, -0.2) is 31.3 Å². The molecule has 6 nitrogen and oxygen atoms in total. The van der Waals surface area contributed by atoms with Crippen molar-refractivity contribution in [3.8, 4) is 11.5 Å². The molecule has 3 N–H and O–H groups in total. The van der Waals surface area contributed by atoms with E-state index < -0.39 is 0 Å². The predicted octanol–water partition coefficient (Wildman–Crippen LogP) is 1.68. The molecule has 1 aliphatic rings. The van der Waals surface area contributed by atoms with Gasteiger partial charge in [-0.15, -0.1) is 0 Å². The van der Waals surface area contributed by atoms with Crippen LogP contribution in [0.4, 0.5) is 0 Å². The minimum Gasteiger partial charge on any atom is -0.497 e. The van der Waals surface area contributed by atoms with E-state index in [1.807, 2.05) is 6.07 Å². The SMILES string of the molecule is COc1ccc(CC(=O)NNC(=S)NC2CCCC2)c(OC)c1. The van der Waals surface area contributed by atoms with Gasteiger partial charge in [0.05, 0.1) is 20.6 Å². The monoisotopic (exact) mass is 337 g/mol. The van der Waals surface area contributed by atoms with E-state index in [1.54, 1.807) is 26.4 Å². The maximum atomic E-state index is 12.0. The number of rotatable bonds is 5.